The van der Waals surface area contributed by atoms with E-state index in [0.29, 0.717) is 18.8 Å². The first kappa shape index (κ1) is 10.4. The van der Waals surface area contributed by atoms with Crippen LogP contribution in [0.15, 0.2) is 0 Å². The summed E-state index contributed by atoms with van der Waals surface area (Å²) in [5.74, 6) is 0. The lowest BCUT2D eigenvalue weighted by Gasteiger charge is -2.29. The van der Waals surface area contributed by atoms with E-state index in [1.165, 1.54) is 38.5 Å². The SMILES string of the molecule is CC1CCC(CC2(CO)CCCC2)O1. The lowest BCUT2D eigenvalue weighted by Crippen LogP contribution is -2.27. The minimum absolute atomic E-state index is 0.217. The summed E-state index contributed by atoms with van der Waals surface area (Å²) >= 11 is 0. The van der Waals surface area contributed by atoms with Gasteiger partial charge in [-0.1, -0.05) is 12.8 Å². The quantitative estimate of drug-likeness (QED) is 0.755. The largest absolute Gasteiger partial charge is 0.396 e. The molecule has 1 N–H and O–H groups in total. The highest BCUT2D eigenvalue weighted by molar-refractivity contribution is 4.88. The summed E-state index contributed by atoms with van der Waals surface area (Å²) in [4.78, 5) is 0. The second-order valence-electron chi connectivity index (χ2n) is 5.22. The Hall–Kier alpha value is -0.0800. The highest BCUT2D eigenvalue weighted by Crippen LogP contribution is 2.43. The molecule has 2 rings (SSSR count). The minimum atomic E-state index is 0.217. The van der Waals surface area contributed by atoms with Gasteiger partial charge in [-0.15, -0.1) is 0 Å². The zero-order valence-corrected chi connectivity index (χ0v) is 9.17. The fourth-order valence-electron chi connectivity index (χ4n) is 3.07. The fraction of sp³-hybridized carbons (Fsp3) is 1.00. The van der Waals surface area contributed by atoms with E-state index < -0.39 is 0 Å². The number of hydrogen-bond acceptors (Lipinski definition) is 2. The molecule has 1 saturated carbocycles. The molecule has 1 aliphatic carbocycles. The Kier molecular flexibility index (Phi) is 3.13. The van der Waals surface area contributed by atoms with E-state index in [0.717, 1.165) is 6.42 Å². The van der Waals surface area contributed by atoms with Crippen LogP contribution in [0.3, 0.4) is 0 Å². The van der Waals surface area contributed by atoms with E-state index in [9.17, 15) is 5.11 Å². The third kappa shape index (κ3) is 2.12. The molecule has 82 valence electrons. The van der Waals surface area contributed by atoms with Gasteiger partial charge in [-0.3, -0.25) is 0 Å². The van der Waals surface area contributed by atoms with Crippen molar-refractivity contribution in [2.75, 3.05) is 6.61 Å². The molecule has 2 unspecified atom stereocenters. The predicted molar refractivity (Wildman–Crippen MR) is 56.2 cm³/mol. The summed E-state index contributed by atoms with van der Waals surface area (Å²) in [5.41, 5.74) is 0.217. The zero-order valence-electron chi connectivity index (χ0n) is 9.17. The van der Waals surface area contributed by atoms with Crippen LogP contribution in [0, 0.1) is 5.41 Å². The fourth-order valence-corrected chi connectivity index (χ4v) is 3.07. The summed E-state index contributed by atoms with van der Waals surface area (Å²) in [6.07, 6.45) is 9.36. The van der Waals surface area contributed by atoms with Gasteiger partial charge >= 0.3 is 0 Å². The second-order valence-corrected chi connectivity index (χ2v) is 5.22. The molecule has 0 amide bonds. The molecular formula is C12H22O2. The Balaban J connectivity index is 1.88. The van der Waals surface area contributed by atoms with Crippen LogP contribution in [-0.2, 0) is 4.74 Å². The molecular weight excluding hydrogens is 176 g/mol. The van der Waals surface area contributed by atoms with E-state index in [-0.39, 0.29) is 5.41 Å². The van der Waals surface area contributed by atoms with E-state index in [1.807, 2.05) is 0 Å². The van der Waals surface area contributed by atoms with Crippen molar-refractivity contribution < 1.29 is 9.84 Å². The number of rotatable bonds is 3. The van der Waals surface area contributed by atoms with Gasteiger partial charge in [-0.2, -0.15) is 0 Å². The van der Waals surface area contributed by atoms with Gasteiger partial charge in [0.05, 0.1) is 12.2 Å². The summed E-state index contributed by atoms with van der Waals surface area (Å²) in [7, 11) is 0. The van der Waals surface area contributed by atoms with Crippen molar-refractivity contribution in [1.29, 1.82) is 0 Å². The smallest absolute Gasteiger partial charge is 0.0585 e. The second kappa shape index (κ2) is 4.19. The van der Waals surface area contributed by atoms with Crippen molar-refractivity contribution in [2.45, 2.75) is 64.1 Å². The standard InChI is InChI=1S/C12H22O2/c1-10-4-5-11(14-10)8-12(9-13)6-2-3-7-12/h10-11,13H,2-9H2,1H3. The van der Waals surface area contributed by atoms with E-state index in [2.05, 4.69) is 6.92 Å². The molecule has 2 atom stereocenters. The maximum Gasteiger partial charge on any atom is 0.0585 e. The third-order valence-electron chi connectivity index (χ3n) is 3.98. The number of ether oxygens (including phenoxy) is 1. The van der Waals surface area contributed by atoms with Crippen molar-refractivity contribution in [3.05, 3.63) is 0 Å². The molecule has 14 heavy (non-hydrogen) atoms. The Labute approximate surface area is 86.6 Å². The monoisotopic (exact) mass is 198 g/mol. The van der Waals surface area contributed by atoms with E-state index >= 15 is 0 Å². The van der Waals surface area contributed by atoms with Crippen LogP contribution in [0.1, 0.15) is 51.9 Å². The number of aliphatic hydroxyl groups is 1. The Bertz CT molecular complexity index is 185. The average Bonchev–Trinajstić information content (AvgIpc) is 2.77. The Morgan fingerprint density at radius 2 is 2.00 bits per heavy atom. The zero-order chi connectivity index (χ0) is 10.0. The average molecular weight is 198 g/mol. The molecule has 1 heterocycles. The van der Waals surface area contributed by atoms with Crippen LogP contribution in [0.25, 0.3) is 0 Å². The topological polar surface area (TPSA) is 29.5 Å². The van der Waals surface area contributed by atoms with E-state index in [1.54, 1.807) is 0 Å². The predicted octanol–water partition coefficient (Wildman–Crippen LogP) is 2.50. The van der Waals surface area contributed by atoms with Crippen LogP contribution in [0.4, 0.5) is 0 Å². The van der Waals surface area contributed by atoms with Gasteiger partial charge in [0.25, 0.3) is 0 Å². The lowest BCUT2D eigenvalue weighted by molar-refractivity contribution is 0.00541. The molecule has 2 fully saturated rings. The van der Waals surface area contributed by atoms with Gasteiger partial charge in [0.15, 0.2) is 0 Å². The minimum Gasteiger partial charge on any atom is -0.396 e. The summed E-state index contributed by atoms with van der Waals surface area (Å²) in [6, 6.07) is 0. The van der Waals surface area contributed by atoms with Crippen molar-refractivity contribution in [3.8, 4) is 0 Å². The van der Waals surface area contributed by atoms with Crippen molar-refractivity contribution in [2.24, 2.45) is 5.41 Å². The van der Waals surface area contributed by atoms with Gasteiger partial charge in [0.2, 0.25) is 0 Å². The molecule has 0 aromatic heterocycles. The van der Waals surface area contributed by atoms with Gasteiger partial charge in [-0.05, 0) is 44.4 Å². The van der Waals surface area contributed by atoms with Gasteiger partial charge < -0.3 is 9.84 Å². The van der Waals surface area contributed by atoms with Crippen LogP contribution < -0.4 is 0 Å². The first-order chi connectivity index (χ1) is 6.74. The molecule has 1 aliphatic heterocycles. The highest BCUT2D eigenvalue weighted by Gasteiger charge is 2.37. The molecule has 1 saturated heterocycles. The van der Waals surface area contributed by atoms with Crippen LogP contribution in [0.5, 0.6) is 0 Å². The summed E-state index contributed by atoms with van der Waals surface area (Å²) in [5, 5.41) is 9.49. The number of hydrogen-bond donors (Lipinski definition) is 1. The molecule has 0 aromatic carbocycles. The van der Waals surface area contributed by atoms with Crippen molar-refractivity contribution in [1.82, 2.24) is 0 Å². The molecule has 0 aromatic rings. The Morgan fingerprint density at radius 3 is 2.50 bits per heavy atom. The van der Waals surface area contributed by atoms with Crippen molar-refractivity contribution in [3.63, 3.8) is 0 Å². The molecule has 0 radical (unpaired) electrons. The molecule has 0 bridgehead atoms. The van der Waals surface area contributed by atoms with Gasteiger partial charge in [0, 0.05) is 6.61 Å². The van der Waals surface area contributed by atoms with Crippen LogP contribution in [-0.4, -0.2) is 23.9 Å². The van der Waals surface area contributed by atoms with E-state index in [4.69, 9.17) is 4.74 Å². The molecule has 0 spiro atoms. The maximum atomic E-state index is 9.49. The normalized spacial score (nSPS) is 36.4. The maximum absolute atomic E-state index is 9.49. The lowest BCUT2D eigenvalue weighted by atomic mass is 9.81. The molecule has 2 heteroatoms. The molecule has 2 nitrogen and oxygen atoms in total. The molecule has 2 aliphatic rings. The highest BCUT2D eigenvalue weighted by atomic mass is 16.5. The first-order valence-electron chi connectivity index (χ1n) is 6.00. The van der Waals surface area contributed by atoms with Crippen molar-refractivity contribution >= 4 is 0 Å². The Morgan fingerprint density at radius 1 is 1.29 bits per heavy atom. The van der Waals surface area contributed by atoms with Gasteiger partial charge in [-0.25, -0.2) is 0 Å². The summed E-state index contributed by atoms with van der Waals surface area (Å²) in [6.45, 7) is 2.52. The third-order valence-corrected chi connectivity index (χ3v) is 3.98. The van der Waals surface area contributed by atoms with Crippen LogP contribution in [0.2, 0.25) is 0 Å². The number of aliphatic hydroxyl groups excluding tert-OH is 1. The van der Waals surface area contributed by atoms with Crippen LogP contribution >= 0.6 is 0 Å². The van der Waals surface area contributed by atoms with Gasteiger partial charge in [0.1, 0.15) is 0 Å². The first-order valence-corrected chi connectivity index (χ1v) is 6.00. The summed E-state index contributed by atoms with van der Waals surface area (Å²) < 4.78 is 5.84.